The first kappa shape index (κ1) is 20.1. The van der Waals surface area contributed by atoms with Crippen molar-refractivity contribution in [3.8, 4) is 0 Å². The van der Waals surface area contributed by atoms with Crippen LogP contribution in [0.2, 0.25) is 0 Å². The summed E-state index contributed by atoms with van der Waals surface area (Å²) in [6.07, 6.45) is 0.761. The molecule has 0 saturated carbocycles. The summed E-state index contributed by atoms with van der Waals surface area (Å²) in [4.78, 5) is 14.3. The zero-order valence-electron chi connectivity index (χ0n) is 15.0. The van der Waals surface area contributed by atoms with Crippen LogP contribution in [0.15, 0.2) is 93.5 Å². The van der Waals surface area contributed by atoms with Gasteiger partial charge in [0.15, 0.2) is 0 Å². The summed E-state index contributed by atoms with van der Waals surface area (Å²) in [6, 6.07) is 23.6. The Kier molecular flexibility index (Phi) is 6.51. The average molecular weight is 413 g/mol. The molecular formula is C21H20N2O3S2. The molecule has 0 fully saturated rings. The highest BCUT2D eigenvalue weighted by molar-refractivity contribution is 7.99. The van der Waals surface area contributed by atoms with Crippen LogP contribution in [-0.4, -0.2) is 20.9 Å². The van der Waals surface area contributed by atoms with Crippen LogP contribution in [0.4, 0.5) is 0 Å². The van der Waals surface area contributed by atoms with Crippen molar-refractivity contribution in [3.63, 3.8) is 0 Å². The molecule has 7 heteroatoms. The quantitative estimate of drug-likeness (QED) is 0.622. The molecular weight excluding hydrogens is 392 g/mol. The average Bonchev–Trinajstić information content (AvgIpc) is 2.69. The Bertz CT molecular complexity index is 1050. The molecule has 0 heterocycles. The minimum Gasteiger partial charge on any atom is -0.352 e. The van der Waals surface area contributed by atoms with E-state index >= 15 is 0 Å². The first-order valence-electron chi connectivity index (χ1n) is 8.65. The van der Waals surface area contributed by atoms with Gasteiger partial charge >= 0.3 is 0 Å². The molecule has 0 aliphatic carbocycles. The maximum atomic E-state index is 12.6. The fourth-order valence-electron chi connectivity index (χ4n) is 2.63. The fourth-order valence-corrected chi connectivity index (χ4v) is 4.09. The van der Waals surface area contributed by atoms with Gasteiger partial charge in [-0.15, -0.1) is 0 Å². The highest BCUT2D eigenvalue weighted by atomic mass is 32.2. The van der Waals surface area contributed by atoms with Crippen molar-refractivity contribution in [3.05, 3.63) is 90.0 Å². The summed E-state index contributed by atoms with van der Waals surface area (Å²) < 4.78 is 22.7. The van der Waals surface area contributed by atoms with E-state index in [1.807, 2.05) is 48.5 Å². The predicted octanol–water partition coefficient (Wildman–Crippen LogP) is 3.46. The van der Waals surface area contributed by atoms with Gasteiger partial charge in [-0.05, 0) is 48.4 Å². The molecule has 1 amide bonds. The van der Waals surface area contributed by atoms with Gasteiger partial charge in [0, 0.05) is 16.3 Å². The lowest BCUT2D eigenvalue weighted by Gasteiger charge is -2.10. The number of nitrogens with two attached hydrogens (primary N) is 1. The highest BCUT2D eigenvalue weighted by Crippen LogP contribution is 2.31. The summed E-state index contributed by atoms with van der Waals surface area (Å²) >= 11 is 1.40. The Morgan fingerprint density at radius 1 is 0.893 bits per heavy atom. The molecule has 0 aliphatic heterocycles. The molecule has 0 aromatic heterocycles. The molecule has 0 saturated heterocycles. The predicted molar refractivity (Wildman–Crippen MR) is 111 cm³/mol. The van der Waals surface area contributed by atoms with E-state index in [0.29, 0.717) is 12.1 Å². The van der Waals surface area contributed by atoms with E-state index in [1.165, 1.54) is 29.5 Å². The zero-order valence-corrected chi connectivity index (χ0v) is 16.7. The molecule has 28 heavy (non-hydrogen) atoms. The summed E-state index contributed by atoms with van der Waals surface area (Å²) in [5, 5.41) is 8.08. The number of hydrogen-bond donors (Lipinski definition) is 2. The van der Waals surface area contributed by atoms with E-state index in [0.717, 1.165) is 16.2 Å². The van der Waals surface area contributed by atoms with E-state index in [2.05, 4.69) is 5.32 Å². The number of rotatable bonds is 7. The number of sulfonamides is 1. The third kappa shape index (κ3) is 5.45. The topological polar surface area (TPSA) is 89.3 Å². The molecule has 5 nitrogen and oxygen atoms in total. The maximum Gasteiger partial charge on any atom is 0.252 e. The third-order valence-electron chi connectivity index (χ3n) is 4.05. The molecule has 3 N–H and O–H groups in total. The minimum atomic E-state index is -3.72. The lowest BCUT2D eigenvalue weighted by Crippen LogP contribution is -2.26. The van der Waals surface area contributed by atoms with Crippen LogP contribution in [0.25, 0.3) is 0 Å². The summed E-state index contributed by atoms with van der Waals surface area (Å²) in [6.45, 7) is 0.547. The monoisotopic (exact) mass is 412 g/mol. The highest BCUT2D eigenvalue weighted by Gasteiger charge is 2.13. The molecule has 0 unspecified atom stereocenters. The Hall–Kier alpha value is -2.61. The Morgan fingerprint density at radius 2 is 1.54 bits per heavy atom. The normalized spacial score (nSPS) is 11.2. The van der Waals surface area contributed by atoms with Gasteiger partial charge in [-0.1, -0.05) is 54.2 Å². The van der Waals surface area contributed by atoms with Gasteiger partial charge in [0.1, 0.15) is 0 Å². The number of benzene rings is 3. The zero-order chi connectivity index (χ0) is 20.0. The number of nitrogens with one attached hydrogen (secondary N) is 1. The smallest absolute Gasteiger partial charge is 0.252 e. The van der Waals surface area contributed by atoms with Crippen molar-refractivity contribution in [2.75, 3.05) is 6.54 Å². The maximum absolute atomic E-state index is 12.6. The van der Waals surface area contributed by atoms with Crippen LogP contribution < -0.4 is 10.5 Å². The van der Waals surface area contributed by atoms with Crippen LogP contribution in [0.1, 0.15) is 15.9 Å². The molecule has 3 aromatic rings. The van der Waals surface area contributed by atoms with Crippen LogP contribution in [0.5, 0.6) is 0 Å². The molecule has 0 spiro atoms. The Labute approximate surface area is 169 Å². The molecule has 3 rings (SSSR count). The summed E-state index contributed by atoms with van der Waals surface area (Å²) in [7, 11) is -3.72. The van der Waals surface area contributed by atoms with Gasteiger partial charge in [-0.25, -0.2) is 13.6 Å². The van der Waals surface area contributed by atoms with E-state index in [4.69, 9.17) is 5.14 Å². The van der Waals surface area contributed by atoms with Crippen molar-refractivity contribution in [1.82, 2.24) is 5.32 Å². The molecule has 0 atom stereocenters. The van der Waals surface area contributed by atoms with Crippen molar-refractivity contribution in [2.24, 2.45) is 5.14 Å². The van der Waals surface area contributed by atoms with Crippen LogP contribution in [0, 0.1) is 0 Å². The van der Waals surface area contributed by atoms with Crippen molar-refractivity contribution in [1.29, 1.82) is 0 Å². The lowest BCUT2D eigenvalue weighted by molar-refractivity contribution is 0.0951. The largest absolute Gasteiger partial charge is 0.352 e. The lowest BCUT2D eigenvalue weighted by atomic mass is 10.1. The van der Waals surface area contributed by atoms with E-state index in [-0.39, 0.29) is 10.8 Å². The minimum absolute atomic E-state index is 0.0591. The van der Waals surface area contributed by atoms with Gasteiger partial charge in [0.25, 0.3) is 5.91 Å². The van der Waals surface area contributed by atoms with Gasteiger partial charge in [-0.2, -0.15) is 0 Å². The molecule has 0 radical (unpaired) electrons. The Balaban J connectivity index is 1.67. The number of amides is 1. The van der Waals surface area contributed by atoms with Gasteiger partial charge in [0.2, 0.25) is 10.0 Å². The number of primary sulfonamides is 1. The first-order chi connectivity index (χ1) is 13.4. The van der Waals surface area contributed by atoms with Crippen LogP contribution in [0.3, 0.4) is 0 Å². The second-order valence-corrected chi connectivity index (χ2v) is 8.78. The number of carbonyl (C=O) groups is 1. The summed E-state index contributed by atoms with van der Waals surface area (Å²) in [5.41, 5.74) is 1.75. The van der Waals surface area contributed by atoms with Crippen molar-refractivity contribution >= 4 is 27.7 Å². The number of hydrogen-bond acceptors (Lipinski definition) is 4. The second kappa shape index (κ2) is 9.05. The van der Waals surface area contributed by atoms with Crippen molar-refractivity contribution in [2.45, 2.75) is 21.1 Å². The SMILES string of the molecule is NS(=O)(=O)c1ccc(Sc2ccccc2C(=O)NCCc2ccccc2)cc1. The van der Waals surface area contributed by atoms with E-state index < -0.39 is 10.0 Å². The first-order valence-corrected chi connectivity index (χ1v) is 11.0. The van der Waals surface area contributed by atoms with E-state index in [9.17, 15) is 13.2 Å². The third-order valence-corrected chi connectivity index (χ3v) is 6.07. The standard InChI is InChI=1S/C21H20N2O3S2/c22-28(25,26)18-12-10-17(11-13-18)27-20-9-5-4-8-19(20)21(24)23-15-14-16-6-2-1-3-7-16/h1-13H,14-15H2,(H,23,24)(H2,22,25,26). The molecule has 0 aliphatic rings. The van der Waals surface area contributed by atoms with E-state index in [1.54, 1.807) is 18.2 Å². The summed E-state index contributed by atoms with van der Waals surface area (Å²) in [5.74, 6) is -0.139. The second-order valence-electron chi connectivity index (χ2n) is 6.11. The molecule has 144 valence electrons. The van der Waals surface area contributed by atoms with Gasteiger partial charge < -0.3 is 5.32 Å². The van der Waals surface area contributed by atoms with Crippen molar-refractivity contribution < 1.29 is 13.2 Å². The Morgan fingerprint density at radius 3 is 2.21 bits per heavy atom. The molecule has 0 bridgehead atoms. The van der Waals surface area contributed by atoms with Crippen LogP contribution >= 0.6 is 11.8 Å². The van der Waals surface area contributed by atoms with Crippen LogP contribution in [-0.2, 0) is 16.4 Å². The fraction of sp³-hybridized carbons (Fsp3) is 0.0952. The molecule has 3 aromatic carbocycles. The van der Waals surface area contributed by atoms with Gasteiger partial charge in [-0.3, -0.25) is 4.79 Å². The number of carbonyl (C=O) groups excluding carboxylic acids is 1. The van der Waals surface area contributed by atoms with Gasteiger partial charge in [0.05, 0.1) is 10.5 Å².